The largest absolute Gasteiger partial charge is 0.486 e. The molecule has 2 aromatic rings. The van der Waals surface area contributed by atoms with Gasteiger partial charge in [0.25, 0.3) is 0 Å². The Balaban J connectivity index is 1.95. The highest BCUT2D eigenvalue weighted by Crippen LogP contribution is 2.37. The summed E-state index contributed by atoms with van der Waals surface area (Å²) in [5.41, 5.74) is 1.99. The van der Waals surface area contributed by atoms with Gasteiger partial charge in [-0.1, -0.05) is 6.07 Å². The highest BCUT2D eigenvalue weighted by atomic mass is 35.5. The van der Waals surface area contributed by atoms with Crippen LogP contribution in [0, 0.1) is 6.92 Å². The zero-order chi connectivity index (χ0) is 12.5. The number of furan rings is 1. The van der Waals surface area contributed by atoms with E-state index in [1.807, 2.05) is 31.2 Å². The molecule has 1 aromatic carbocycles. The summed E-state index contributed by atoms with van der Waals surface area (Å²) in [6, 6.07) is 7.64. The normalized spacial score (nSPS) is 15.4. The molecule has 0 spiro atoms. The third kappa shape index (κ3) is 1.95. The summed E-state index contributed by atoms with van der Waals surface area (Å²) in [6.45, 7) is 3.14. The molecule has 3 nitrogen and oxygen atoms in total. The molecule has 1 aromatic heterocycles. The number of rotatable bonds is 2. The molecule has 4 heteroatoms. The number of hydrogen-bond acceptors (Lipinski definition) is 3. The van der Waals surface area contributed by atoms with Gasteiger partial charge in [-0.2, -0.15) is 0 Å². The van der Waals surface area contributed by atoms with Gasteiger partial charge >= 0.3 is 0 Å². The lowest BCUT2D eigenvalue weighted by Gasteiger charge is -2.19. The maximum absolute atomic E-state index is 6.43. The van der Waals surface area contributed by atoms with Crippen LogP contribution >= 0.6 is 11.6 Å². The van der Waals surface area contributed by atoms with Gasteiger partial charge in [-0.15, -0.1) is 11.6 Å². The number of halogens is 1. The van der Waals surface area contributed by atoms with Gasteiger partial charge in [-0.25, -0.2) is 0 Å². The molecule has 1 unspecified atom stereocenters. The van der Waals surface area contributed by atoms with Gasteiger partial charge in [-0.05, 0) is 36.2 Å². The Morgan fingerprint density at radius 1 is 1.11 bits per heavy atom. The standard InChI is InChI=1S/C14H13ClO3/c1-9-4-5-18-14(9)13(15)10-2-3-11-12(8-10)17-7-6-16-11/h2-5,8,13H,6-7H2,1H3. The minimum absolute atomic E-state index is 0.309. The van der Waals surface area contributed by atoms with Gasteiger partial charge in [0.1, 0.15) is 24.4 Å². The lowest BCUT2D eigenvalue weighted by Crippen LogP contribution is -2.15. The third-order valence-electron chi connectivity index (χ3n) is 2.99. The predicted octanol–water partition coefficient (Wildman–Crippen LogP) is 3.69. The molecule has 1 atom stereocenters. The van der Waals surface area contributed by atoms with Crippen LogP contribution in [0.1, 0.15) is 22.3 Å². The van der Waals surface area contributed by atoms with Crippen LogP contribution in [0.15, 0.2) is 34.9 Å². The maximum atomic E-state index is 6.43. The van der Waals surface area contributed by atoms with Crippen LogP contribution < -0.4 is 9.47 Å². The van der Waals surface area contributed by atoms with Crippen molar-refractivity contribution in [2.24, 2.45) is 0 Å². The predicted molar refractivity (Wildman–Crippen MR) is 68.6 cm³/mol. The average Bonchev–Trinajstić information content (AvgIpc) is 2.83. The Kier molecular flexibility index (Phi) is 2.92. The highest BCUT2D eigenvalue weighted by Gasteiger charge is 2.19. The van der Waals surface area contributed by atoms with Crippen LogP contribution in [0.25, 0.3) is 0 Å². The van der Waals surface area contributed by atoms with Crippen LogP contribution in [-0.4, -0.2) is 13.2 Å². The maximum Gasteiger partial charge on any atom is 0.161 e. The first-order valence-electron chi connectivity index (χ1n) is 5.83. The molecule has 2 heterocycles. The van der Waals surface area contributed by atoms with Gasteiger partial charge in [0.2, 0.25) is 0 Å². The Labute approximate surface area is 110 Å². The van der Waals surface area contributed by atoms with Crippen molar-refractivity contribution in [2.75, 3.05) is 13.2 Å². The van der Waals surface area contributed by atoms with Crippen molar-refractivity contribution < 1.29 is 13.9 Å². The summed E-state index contributed by atoms with van der Waals surface area (Å²) < 4.78 is 16.4. The molecule has 0 bridgehead atoms. The second-order valence-corrected chi connectivity index (χ2v) is 4.67. The molecule has 0 saturated heterocycles. The van der Waals surface area contributed by atoms with E-state index in [1.165, 1.54) is 0 Å². The molecule has 0 amide bonds. The molecule has 94 valence electrons. The molecular weight excluding hydrogens is 252 g/mol. The zero-order valence-corrected chi connectivity index (χ0v) is 10.7. The smallest absolute Gasteiger partial charge is 0.161 e. The Morgan fingerprint density at radius 3 is 2.61 bits per heavy atom. The van der Waals surface area contributed by atoms with Gasteiger partial charge in [0, 0.05) is 0 Å². The number of aryl methyl sites for hydroxylation is 1. The number of benzene rings is 1. The molecule has 0 saturated carbocycles. The second-order valence-electron chi connectivity index (χ2n) is 4.23. The molecule has 3 rings (SSSR count). The van der Waals surface area contributed by atoms with E-state index in [4.69, 9.17) is 25.5 Å². The fraction of sp³-hybridized carbons (Fsp3) is 0.286. The van der Waals surface area contributed by atoms with Crippen molar-refractivity contribution in [3.05, 3.63) is 47.4 Å². The topological polar surface area (TPSA) is 31.6 Å². The Bertz CT molecular complexity index is 562. The van der Waals surface area contributed by atoms with Crippen LogP contribution in [0.2, 0.25) is 0 Å². The molecule has 18 heavy (non-hydrogen) atoms. The van der Waals surface area contributed by atoms with E-state index in [0.29, 0.717) is 13.2 Å². The van der Waals surface area contributed by atoms with Gasteiger partial charge < -0.3 is 13.9 Å². The first-order valence-corrected chi connectivity index (χ1v) is 6.27. The van der Waals surface area contributed by atoms with Crippen molar-refractivity contribution in [2.45, 2.75) is 12.3 Å². The highest BCUT2D eigenvalue weighted by molar-refractivity contribution is 6.22. The van der Waals surface area contributed by atoms with E-state index in [-0.39, 0.29) is 5.38 Å². The number of ether oxygens (including phenoxy) is 2. The molecule has 1 aliphatic heterocycles. The Hall–Kier alpha value is -1.61. The van der Waals surface area contributed by atoms with Gasteiger partial charge in [0.05, 0.1) is 6.26 Å². The van der Waals surface area contributed by atoms with E-state index >= 15 is 0 Å². The minimum atomic E-state index is -0.309. The quantitative estimate of drug-likeness (QED) is 0.776. The summed E-state index contributed by atoms with van der Waals surface area (Å²) in [7, 11) is 0. The molecular formula is C14H13ClO3. The second kappa shape index (κ2) is 4.58. The summed E-state index contributed by atoms with van der Waals surface area (Å²) in [4.78, 5) is 0. The SMILES string of the molecule is Cc1ccoc1C(Cl)c1ccc2c(c1)OCCO2. The van der Waals surface area contributed by atoms with Gasteiger partial charge in [-0.3, -0.25) is 0 Å². The summed E-state index contributed by atoms with van der Waals surface area (Å²) in [5, 5.41) is -0.309. The first-order chi connectivity index (χ1) is 8.75. The monoisotopic (exact) mass is 264 g/mol. The third-order valence-corrected chi connectivity index (χ3v) is 3.44. The van der Waals surface area contributed by atoms with E-state index in [9.17, 15) is 0 Å². The zero-order valence-electron chi connectivity index (χ0n) is 9.98. The number of fused-ring (bicyclic) bond motifs is 1. The number of alkyl halides is 1. The van der Waals surface area contributed by atoms with Crippen molar-refractivity contribution in [3.63, 3.8) is 0 Å². The molecule has 1 aliphatic rings. The average molecular weight is 265 g/mol. The van der Waals surface area contributed by atoms with Crippen molar-refractivity contribution in [1.29, 1.82) is 0 Å². The molecule has 0 radical (unpaired) electrons. The summed E-state index contributed by atoms with van der Waals surface area (Å²) in [6.07, 6.45) is 1.65. The van der Waals surface area contributed by atoms with Crippen molar-refractivity contribution >= 4 is 11.6 Å². The van der Waals surface area contributed by atoms with Crippen LogP contribution in [0.5, 0.6) is 11.5 Å². The number of hydrogen-bond donors (Lipinski definition) is 0. The fourth-order valence-electron chi connectivity index (χ4n) is 2.01. The summed E-state index contributed by atoms with van der Waals surface area (Å²) in [5.74, 6) is 2.28. The fourth-order valence-corrected chi connectivity index (χ4v) is 2.37. The van der Waals surface area contributed by atoms with E-state index in [2.05, 4.69) is 0 Å². The minimum Gasteiger partial charge on any atom is -0.486 e. The summed E-state index contributed by atoms with van der Waals surface area (Å²) >= 11 is 6.43. The lowest BCUT2D eigenvalue weighted by molar-refractivity contribution is 0.171. The molecule has 0 aliphatic carbocycles. The van der Waals surface area contributed by atoms with Crippen molar-refractivity contribution in [1.82, 2.24) is 0 Å². The van der Waals surface area contributed by atoms with E-state index in [1.54, 1.807) is 6.26 Å². The first kappa shape index (κ1) is 11.5. The van der Waals surface area contributed by atoms with Crippen LogP contribution in [0.3, 0.4) is 0 Å². The Morgan fingerprint density at radius 2 is 1.89 bits per heavy atom. The molecule has 0 fully saturated rings. The molecule has 0 N–H and O–H groups in total. The van der Waals surface area contributed by atoms with E-state index in [0.717, 1.165) is 28.4 Å². The van der Waals surface area contributed by atoms with Crippen LogP contribution in [0.4, 0.5) is 0 Å². The van der Waals surface area contributed by atoms with Crippen molar-refractivity contribution in [3.8, 4) is 11.5 Å². The lowest BCUT2D eigenvalue weighted by atomic mass is 10.1. The van der Waals surface area contributed by atoms with E-state index < -0.39 is 0 Å². The van der Waals surface area contributed by atoms with Gasteiger partial charge in [0.15, 0.2) is 11.5 Å². The van der Waals surface area contributed by atoms with Crippen LogP contribution in [-0.2, 0) is 0 Å².